The van der Waals surface area contributed by atoms with Crippen molar-refractivity contribution in [2.24, 2.45) is 0 Å². The molecule has 0 amide bonds. The van der Waals surface area contributed by atoms with E-state index < -0.39 is 0 Å². The molecule has 0 aliphatic rings. The van der Waals surface area contributed by atoms with Crippen molar-refractivity contribution in [2.75, 3.05) is 0 Å². The lowest BCUT2D eigenvalue weighted by molar-refractivity contribution is 0.473. The maximum atomic E-state index is 9.76. The third kappa shape index (κ3) is 2.96. The number of hydrogen-bond donors (Lipinski definition) is 3. The van der Waals surface area contributed by atoms with Gasteiger partial charge in [-0.15, -0.1) is 11.3 Å². The molecule has 0 unspecified atom stereocenters. The van der Waals surface area contributed by atoms with E-state index in [4.69, 9.17) is 0 Å². The van der Waals surface area contributed by atoms with E-state index in [2.05, 4.69) is 55.3 Å². The summed E-state index contributed by atoms with van der Waals surface area (Å²) in [6, 6.07) is 11.9. The van der Waals surface area contributed by atoms with Crippen molar-refractivity contribution >= 4 is 33.1 Å². The van der Waals surface area contributed by atoms with E-state index in [9.17, 15) is 5.11 Å². The van der Waals surface area contributed by atoms with Crippen molar-refractivity contribution in [2.45, 2.75) is 6.92 Å². The molecule has 0 aliphatic carbocycles. The van der Waals surface area contributed by atoms with Gasteiger partial charge in [-0.3, -0.25) is 20.1 Å². The van der Waals surface area contributed by atoms with E-state index >= 15 is 0 Å². The Hall–Kier alpha value is -4.04. The molecule has 6 heterocycles. The van der Waals surface area contributed by atoms with E-state index in [0.29, 0.717) is 5.69 Å². The summed E-state index contributed by atoms with van der Waals surface area (Å²) in [5.74, 6) is 0.103. The normalized spacial score (nSPS) is 11.5. The summed E-state index contributed by atoms with van der Waals surface area (Å²) < 4.78 is 0. The van der Waals surface area contributed by atoms with Gasteiger partial charge in [0.25, 0.3) is 0 Å². The molecule has 7 nitrogen and oxygen atoms in total. The van der Waals surface area contributed by atoms with Crippen LogP contribution in [0.4, 0.5) is 0 Å². The minimum atomic E-state index is 0.103. The van der Waals surface area contributed by atoms with Crippen molar-refractivity contribution in [3.8, 4) is 39.0 Å². The number of H-pyrrole nitrogens is 2. The van der Waals surface area contributed by atoms with E-state index in [0.717, 1.165) is 49.3 Å². The predicted octanol–water partition coefficient (Wildman–Crippen LogP) is 5.31. The number of aromatic amines is 2. The topological polar surface area (TPSA) is 103 Å². The molecule has 6 aromatic heterocycles. The predicted molar refractivity (Wildman–Crippen MR) is 122 cm³/mol. The average Bonchev–Trinajstić information content (AvgIpc) is 3.50. The molecule has 0 radical (unpaired) electrons. The Bertz CT molecular complexity index is 1580. The summed E-state index contributed by atoms with van der Waals surface area (Å²) in [7, 11) is 0. The zero-order valence-corrected chi connectivity index (χ0v) is 17.2. The number of fused-ring (bicyclic) bond motifs is 2. The number of nitrogens with zero attached hydrogens (tertiary/aromatic N) is 4. The minimum absolute atomic E-state index is 0.103. The van der Waals surface area contributed by atoms with Gasteiger partial charge < -0.3 is 10.1 Å². The Balaban J connectivity index is 1.51. The first-order valence-corrected chi connectivity index (χ1v) is 10.5. The summed E-state index contributed by atoms with van der Waals surface area (Å²) in [4.78, 5) is 19.0. The van der Waals surface area contributed by atoms with Crippen LogP contribution in [-0.2, 0) is 0 Å². The highest BCUT2D eigenvalue weighted by Crippen LogP contribution is 2.36. The molecule has 0 atom stereocenters. The van der Waals surface area contributed by atoms with Crippen molar-refractivity contribution in [3.05, 3.63) is 66.1 Å². The lowest BCUT2D eigenvalue weighted by Gasteiger charge is -2.01. The Kier molecular flexibility index (Phi) is 3.87. The highest BCUT2D eigenvalue weighted by molar-refractivity contribution is 7.15. The van der Waals surface area contributed by atoms with Crippen LogP contribution >= 0.6 is 11.3 Å². The van der Waals surface area contributed by atoms with Crippen molar-refractivity contribution in [3.63, 3.8) is 0 Å². The van der Waals surface area contributed by atoms with Crippen LogP contribution in [-0.4, -0.2) is 35.2 Å². The van der Waals surface area contributed by atoms with Crippen LogP contribution in [0, 0.1) is 6.92 Å². The number of nitrogens with one attached hydrogen (secondary N) is 2. The number of aryl methyl sites for hydroxylation is 1. The number of thiophene rings is 1. The summed E-state index contributed by atoms with van der Waals surface area (Å²) in [5, 5.41) is 19.4. The second kappa shape index (κ2) is 6.75. The molecule has 0 saturated heterocycles. The molecule has 0 spiro atoms. The number of pyridine rings is 3. The molecule has 0 fully saturated rings. The average molecular weight is 424 g/mol. The fraction of sp³-hybridized carbons (Fsp3) is 0.0435. The van der Waals surface area contributed by atoms with Crippen LogP contribution in [0.3, 0.4) is 0 Å². The minimum Gasteiger partial charge on any atom is -0.506 e. The largest absolute Gasteiger partial charge is 0.506 e. The summed E-state index contributed by atoms with van der Waals surface area (Å²) >= 11 is 1.73. The zero-order chi connectivity index (χ0) is 20.9. The first-order chi connectivity index (χ1) is 15.2. The van der Waals surface area contributed by atoms with Gasteiger partial charge in [0, 0.05) is 39.1 Å². The third-order valence-electron chi connectivity index (χ3n) is 5.24. The third-order valence-corrected chi connectivity index (χ3v) is 6.25. The highest BCUT2D eigenvalue weighted by atomic mass is 32.1. The van der Waals surface area contributed by atoms with Crippen LogP contribution in [0.15, 0.2) is 61.2 Å². The first-order valence-electron chi connectivity index (χ1n) is 9.69. The van der Waals surface area contributed by atoms with Crippen LogP contribution in [0.5, 0.6) is 5.75 Å². The van der Waals surface area contributed by atoms with E-state index in [1.54, 1.807) is 29.8 Å². The van der Waals surface area contributed by atoms with Crippen LogP contribution in [0.1, 0.15) is 4.88 Å². The van der Waals surface area contributed by atoms with Crippen molar-refractivity contribution in [1.29, 1.82) is 0 Å². The molecule has 8 heteroatoms. The van der Waals surface area contributed by atoms with Gasteiger partial charge >= 0.3 is 0 Å². The van der Waals surface area contributed by atoms with E-state index in [-0.39, 0.29) is 5.75 Å². The van der Waals surface area contributed by atoms with Gasteiger partial charge in [-0.05, 0) is 43.3 Å². The quantitative estimate of drug-likeness (QED) is 0.357. The fourth-order valence-corrected chi connectivity index (χ4v) is 4.67. The number of aromatic nitrogens is 6. The Morgan fingerprint density at radius 3 is 2.65 bits per heavy atom. The van der Waals surface area contributed by atoms with Crippen molar-refractivity contribution in [1.82, 2.24) is 30.1 Å². The van der Waals surface area contributed by atoms with Gasteiger partial charge in [0.2, 0.25) is 0 Å². The Labute approximate surface area is 180 Å². The molecular weight excluding hydrogens is 408 g/mol. The van der Waals surface area contributed by atoms with Gasteiger partial charge in [0.1, 0.15) is 11.4 Å². The van der Waals surface area contributed by atoms with Crippen LogP contribution in [0.25, 0.3) is 55.0 Å². The number of aromatic hydroxyl groups is 1. The molecule has 6 aromatic rings. The van der Waals surface area contributed by atoms with E-state index in [1.807, 2.05) is 18.3 Å². The van der Waals surface area contributed by atoms with Crippen molar-refractivity contribution < 1.29 is 5.11 Å². The summed E-state index contributed by atoms with van der Waals surface area (Å²) in [6.07, 6.45) is 6.65. The van der Waals surface area contributed by atoms with Gasteiger partial charge in [-0.2, -0.15) is 5.10 Å². The summed E-state index contributed by atoms with van der Waals surface area (Å²) in [6.45, 7) is 2.10. The number of rotatable bonds is 3. The smallest absolute Gasteiger partial charge is 0.134 e. The second-order valence-corrected chi connectivity index (χ2v) is 8.62. The zero-order valence-electron chi connectivity index (χ0n) is 16.4. The molecular formula is C23H16N6OS. The fourth-order valence-electron chi connectivity index (χ4n) is 3.79. The molecule has 0 bridgehead atoms. The van der Waals surface area contributed by atoms with Gasteiger partial charge in [0.15, 0.2) is 0 Å². The SMILES string of the molecule is Cc1ccc(-c2nccc3[nH]c(-c4n[nH]c5cnc(-c6cncc(O)c6)cc45)cc23)s1. The second-order valence-electron chi connectivity index (χ2n) is 7.33. The highest BCUT2D eigenvalue weighted by Gasteiger charge is 2.16. The Morgan fingerprint density at radius 1 is 0.903 bits per heavy atom. The summed E-state index contributed by atoms with van der Waals surface area (Å²) in [5.41, 5.74) is 5.96. The maximum Gasteiger partial charge on any atom is 0.134 e. The van der Waals surface area contributed by atoms with Gasteiger partial charge in [-0.25, -0.2) is 0 Å². The molecule has 0 aromatic carbocycles. The first kappa shape index (κ1) is 17.8. The molecule has 6 rings (SSSR count). The molecule has 150 valence electrons. The monoisotopic (exact) mass is 424 g/mol. The van der Waals surface area contributed by atoms with Gasteiger partial charge in [-0.1, -0.05) is 0 Å². The van der Waals surface area contributed by atoms with Crippen LogP contribution < -0.4 is 0 Å². The standard InChI is InChI=1S/C23H16N6OS/c1-12-2-3-21(31-12)23-15-8-19(27-17(15)4-5-25-23)22-16-7-18(26-11-20(16)28-29-22)13-6-14(30)10-24-9-13/h2-11,27,30H,1H3,(H,28,29). The number of hydrogen-bond acceptors (Lipinski definition) is 6. The molecule has 3 N–H and O–H groups in total. The maximum absolute atomic E-state index is 9.76. The lowest BCUT2D eigenvalue weighted by atomic mass is 10.1. The van der Waals surface area contributed by atoms with E-state index in [1.165, 1.54) is 11.1 Å². The molecule has 0 aliphatic heterocycles. The molecule has 0 saturated carbocycles. The Morgan fingerprint density at radius 2 is 1.81 bits per heavy atom. The lowest BCUT2D eigenvalue weighted by Crippen LogP contribution is -1.85. The van der Waals surface area contributed by atoms with Crippen LogP contribution in [0.2, 0.25) is 0 Å². The molecule has 31 heavy (non-hydrogen) atoms. The van der Waals surface area contributed by atoms with Gasteiger partial charge in [0.05, 0.1) is 39.9 Å².